The molecule has 0 fully saturated rings. The fourth-order valence-electron chi connectivity index (χ4n) is 2.01. The summed E-state index contributed by atoms with van der Waals surface area (Å²) in [6.45, 7) is 2.19. The molecule has 0 amide bonds. The Morgan fingerprint density at radius 2 is 1.90 bits per heavy atom. The predicted molar refractivity (Wildman–Crippen MR) is 84.5 cm³/mol. The molecule has 0 aliphatic heterocycles. The van der Waals surface area contributed by atoms with E-state index in [0.717, 1.165) is 17.8 Å². The van der Waals surface area contributed by atoms with Crippen molar-refractivity contribution < 1.29 is 0 Å². The molecule has 0 radical (unpaired) electrons. The van der Waals surface area contributed by atoms with Crippen LogP contribution in [0.5, 0.6) is 0 Å². The minimum absolute atomic E-state index is 0.587. The van der Waals surface area contributed by atoms with Gasteiger partial charge in [0.2, 0.25) is 0 Å². The smallest absolute Gasteiger partial charge is 0.101 e. The SMILES string of the molecule is CCCCc1ccc(Nc2cc(Cl)ccc2C#N)cc1. The Bertz CT molecular complexity index is 612. The summed E-state index contributed by atoms with van der Waals surface area (Å²) in [6.07, 6.45) is 3.52. The molecule has 2 aromatic rings. The van der Waals surface area contributed by atoms with Crippen molar-refractivity contribution in [2.75, 3.05) is 5.32 Å². The van der Waals surface area contributed by atoms with Crippen molar-refractivity contribution in [3.63, 3.8) is 0 Å². The van der Waals surface area contributed by atoms with Crippen LogP contribution in [0.2, 0.25) is 5.02 Å². The normalized spacial score (nSPS) is 10.1. The molecule has 2 aromatic carbocycles. The first-order chi connectivity index (χ1) is 9.72. The molecule has 0 atom stereocenters. The third-order valence-electron chi connectivity index (χ3n) is 3.15. The summed E-state index contributed by atoms with van der Waals surface area (Å²) in [5.74, 6) is 0. The van der Waals surface area contributed by atoms with Crippen molar-refractivity contribution in [2.24, 2.45) is 0 Å². The van der Waals surface area contributed by atoms with E-state index >= 15 is 0 Å². The zero-order valence-electron chi connectivity index (χ0n) is 11.5. The van der Waals surface area contributed by atoms with Gasteiger partial charge in [0.15, 0.2) is 0 Å². The Morgan fingerprint density at radius 3 is 2.55 bits per heavy atom. The van der Waals surface area contributed by atoms with Crippen LogP contribution in [-0.2, 0) is 6.42 Å². The topological polar surface area (TPSA) is 35.8 Å². The molecule has 0 aromatic heterocycles. The third-order valence-corrected chi connectivity index (χ3v) is 3.39. The highest BCUT2D eigenvalue weighted by atomic mass is 35.5. The molecule has 2 nitrogen and oxygen atoms in total. The van der Waals surface area contributed by atoms with Gasteiger partial charge in [-0.3, -0.25) is 0 Å². The lowest BCUT2D eigenvalue weighted by Gasteiger charge is -2.09. The monoisotopic (exact) mass is 284 g/mol. The van der Waals surface area contributed by atoms with Crippen molar-refractivity contribution in [1.82, 2.24) is 0 Å². The third kappa shape index (κ3) is 3.76. The summed E-state index contributed by atoms with van der Waals surface area (Å²) in [4.78, 5) is 0. The van der Waals surface area contributed by atoms with Gasteiger partial charge in [-0.15, -0.1) is 0 Å². The highest BCUT2D eigenvalue weighted by Crippen LogP contribution is 2.24. The lowest BCUT2D eigenvalue weighted by molar-refractivity contribution is 0.795. The van der Waals surface area contributed by atoms with Gasteiger partial charge < -0.3 is 5.32 Å². The second-order valence-electron chi connectivity index (χ2n) is 4.73. The molecule has 20 heavy (non-hydrogen) atoms. The van der Waals surface area contributed by atoms with E-state index in [1.165, 1.54) is 18.4 Å². The number of hydrogen-bond acceptors (Lipinski definition) is 2. The molecular weight excluding hydrogens is 268 g/mol. The largest absolute Gasteiger partial charge is 0.354 e. The Balaban J connectivity index is 2.14. The summed E-state index contributed by atoms with van der Waals surface area (Å²) in [5, 5.41) is 13.0. The van der Waals surface area contributed by atoms with E-state index < -0.39 is 0 Å². The maximum absolute atomic E-state index is 9.10. The molecule has 0 unspecified atom stereocenters. The van der Waals surface area contributed by atoms with E-state index in [9.17, 15) is 0 Å². The van der Waals surface area contributed by atoms with E-state index in [1.54, 1.807) is 18.2 Å². The maximum Gasteiger partial charge on any atom is 0.101 e. The molecule has 0 heterocycles. The minimum atomic E-state index is 0.587. The number of unbranched alkanes of at least 4 members (excludes halogenated alkanes) is 1. The van der Waals surface area contributed by atoms with E-state index in [2.05, 4.69) is 30.4 Å². The Kier molecular flexibility index (Phi) is 5.03. The van der Waals surface area contributed by atoms with Crippen LogP contribution in [0.1, 0.15) is 30.9 Å². The van der Waals surface area contributed by atoms with Crippen LogP contribution < -0.4 is 5.32 Å². The number of nitriles is 1. The number of anilines is 2. The van der Waals surface area contributed by atoms with E-state index in [-0.39, 0.29) is 0 Å². The second-order valence-corrected chi connectivity index (χ2v) is 5.16. The zero-order valence-corrected chi connectivity index (χ0v) is 12.2. The van der Waals surface area contributed by atoms with E-state index in [1.807, 2.05) is 12.1 Å². The quantitative estimate of drug-likeness (QED) is 0.809. The Hall–Kier alpha value is -1.98. The number of hydrogen-bond donors (Lipinski definition) is 1. The number of nitrogens with one attached hydrogen (secondary N) is 1. The molecule has 0 saturated carbocycles. The molecule has 0 spiro atoms. The Labute approximate surface area is 125 Å². The fourth-order valence-corrected chi connectivity index (χ4v) is 2.18. The highest BCUT2D eigenvalue weighted by molar-refractivity contribution is 6.30. The fraction of sp³-hybridized carbons (Fsp3) is 0.235. The molecule has 2 rings (SSSR count). The Morgan fingerprint density at radius 1 is 1.15 bits per heavy atom. The number of nitrogens with zero attached hydrogens (tertiary/aromatic N) is 1. The molecule has 0 aliphatic rings. The average molecular weight is 285 g/mol. The first-order valence-corrected chi connectivity index (χ1v) is 7.16. The first kappa shape index (κ1) is 14.4. The van der Waals surface area contributed by atoms with Crippen LogP contribution in [0.3, 0.4) is 0 Å². The first-order valence-electron chi connectivity index (χ1n) is 6.78. The van der Waals surface area contributed by atoms with Crippen LogP contribution >= 0.6 is 11.6 Å². The molecule has 1 N–H and O–H groups in total. The molecule has 3 heteroatoms. The number of benzene rings is 2. The van der Waals surface area contributed by atoms with Crippen LogP contribution in [-0.4, -0.2) is 0 Å². The standard InChI is InChI=1S/C17H17ClN2/c1-2-3-4-13-5-9-16(10-6-13)20-17-11-15(18)8-7-14(17)12-19/h5-11,20H,2-4H2,1H3. The van der Waals surface area contributed by atoms with Crippen LogP contribution in [0.15, 0.2) is 42.5 Å². The molecule has 0 aliphatic carbocycles. The summed E-state index contributed by atoms with van der Waals surface area (Å²) in [5.41, 5.74) is 3.62. The van der Waals surface area contributed by atoms with Gasteiger partial charge in [-0.1, -0.05) is 37.1 Å². The van der Waals surface area contributed by atoms with Crippen molar-refractivity contribution >= 4 is 23.0 Å². The van der Waals surface area contributed by atoms with Crippen LogP contribution in [0.25, 0.3) is 0 Å². The molecule has 102 valence electrons. The van der Waals surface area contributed by atoms with Gasteiger partial charge in [0.05, 0.1) is 11.3 Å². The highest BCUT2D eigenvalue weighted by Gasteiger charge is 2.03. The lowest BCUT2D eigenvalue weighted by atomic mass is 10.1. The summed E-state index contributed by atoms with van der Waals surface area (Å²) < 4.78 is 0. The molecule has 0 bridgehead atoms. The molecular formula is C17H17ClN2. The van der Waals surface area contributed by atoms with Gasteiger partial charge in [0, 0.05) is 10.7 Å². The summed E-state index contributed by atoms with van der Waals surface area (Å²) in [6, 6.07) is 15.7. The second kappa shape index (κ2) is 6.98. The van der Waals surface area contributed by atoms with Crippen molar-refractivity contribution in [3.05, 3.63) is 58.6 Å². The number of aryl methyl sites for hydroxylation is 1. The van der Waals surface area contributed by atoms with Crippen molar-refractivity contribution in [1.29, 1.82) is 5.26 Å². The zero-order chi connectivity index (χ0) is 14.4. The number of rotatable bonds is 5. The van der Waals surface area contributed by atoms with Crippen molar-refractivity contribution in [3.8, 4) is 6.07 Å². The summed E-state index contributed by atoms with van der Waals surface area (Å²) in [7, 11) is 0. The average Bonchev–Trinajstić information content (AvgIpc) is 2.47. The van der Waals surface area contributed by atoms with Crippen molar-refractivity contribution in [2.45, 2.75) is 26.2 Å². The number of halogens is 1. The van der Waals surface area contributed by atoms with E-state index in [0.29, 0.717) is 10.6 Å². The van der Waals surface area contributed by atoms with Gasteiger partial charge in [-0.05, 0) is 48.7 Å². The van der Waals surface area contributed by atoms with Gasteiger partial charge in [-0.2, -0.15) is 5.26 Å². The predicted octanol–water partition coefficient (Wildman–Crippen LogP) is 5.30. The van der Waals surface area contributed by atoms with Crippen LogP contribution in [0.4, 0.5) is 11.4 Å². The maximum atomic E-state index is 9.10. The van der Waals surface area contributed by atoms with E-state index in [4.69, 9.17) is 16.9 Å². The van der Waals surface area contributed by atoms with Gasteiger partial charge >= 0.3 is 0 Å². The van der Waals surface area contributed by atoms with Gasteiger partial charge in [0.1, 0.15) is 6.07 Å². The minimum Gasteiger partial charge on any atom is -0.354 e. The summed E-state index contributed by atoms with van der Waals surface area (Å²) >= 11 is 5.97. The molecule has 0 saturated heterocycles. The van der Waals surface area contributed by atoms with Gasteiger partial charge in [-0.25, -0.2) is 0 Å². The van der Waals surface area contributed by atoms with Crippen LogP contribution in [0, 0.1) is 11.3 Å². The van der Waals surface area contributed by atoms with Gasteiger partial charge in [0.25, 0.3) is 0 Å². The lowest BCUT2D eigenvalue weighted by Crippen LogP contribution is -1.94.